The molecule has 1 aliphatic rings. The molecule has 2 aromatic heterocycles. The number of nitrogen functional groups attached to an aromatic ring is 1. The molecule has 1 aromatic carbocycles. The van der Waals surface area contributed by atoms with E-state index in [1.165, 1.54) is 0 Å². The number of halogens is 1. The van der Waals surface area contributed by atoms with Crippen molar-refractivity contribution in [3.05, 3.63) is 34.6 Å². The van der Waals surface area contributed by atoms with Crippen LogP contribution in [0.3, 0.4) is 0 Å². The van der Waals surface area contributed by atoms with Crippen LogP contribution in [0.5, 0.6) is 0 Å². The van der Waals surface area contributed by atoms with Crippen LogP contribution >= 0.6 is 15.9 Å². The van der Waals surface area contributed by atoms with Gasteiger partial charge in [-0.15, -0.1) is 0 Å². The van der Waals surface area contributed by atoms with Gasteiger partial charge in [0.15, 0.2) is 11.5 Å². The molecule has 0 saturated carbocycles. The standard InChI is InChI=1S/C15H15BrN6O/c1-15(6-23)5-22(10-4-8(16)2-3-9(10)15)13-11-12(19-7-18-11)20-14(17)21-13/h2-4,7,23H,5-6H2,1H3,(H3,17,18,19,20,21). The van der Waals surface area contributed by atoms with Crippen LogP contribution in [-0.4, -0.2) is 38.2 Å². The lowest BCUT2D eigenvalue weighted by Crippen LogP contribution is -2.32. The smallest absolute Gasteiger partial charge is 0.224 e. The number of nitrogens with one attached hydrogen (secondary N) is 1. The van der Waals surface area contributed by atoms with Crippen molar-refractivity contribution in [3.8, 4) is 0 Å². The zero-order valence-corrected chi connectivity index (χ0v) is 14.0. The van der Waals surface area contributed by atoms with Gasteiger partial charge in [0.05, 0.1) is 12.9 Å². The monoisotopic (exact) mass is 374 g/mol. The SMILES string of the molecule is CC1(CO)CN(c2nc(N)nc3nc[nH]c23)c2cc(Br)ccc21. The first-order valence-corrected chi connectivity index (χ1v) is 7.96. The summed E-state index contributed by atoms with van der Waals surface area (Å²) in [5, 5.41) is 9.92. The Morgan fingerprint density at radius 3 is 3.04 bits per heavy atom. The number of aromatic amines is 1. The molecule has 1 aliphatic heterocycles. The molecule has 8 heteroatoms. The summed E-state index contributed by atoms with van der Waals surface area (Å²) in [6.45, 7) is 2.68. The number of benzene rings is 1. The minimum atomic E-state index is -0.373. The number of imidazole rings is 1. The molecule has 4 rings (SSSR count). The highest BCUT2D eigenvalue weighted by Gasteiger charge is 2.40. The van der Waals surface area contributed by atoms with Crippen molar-refractivity contribution in [2.45, 2.75) is 12.3 Å². The van der Waals surface area contributed by atoms with E-state index in [0.717, 1.165) is 21.2 Å². The first-order chi connectivity index (χ1) is 11.0. The van der Waals surface area contributed by atoms with Gasteiger partial charge in [-0.05, 0) is 17.7 Å². The molecule has 118 valence electrons. The summed E-state index contributed by atoms with van der Waals surface area (Å²) in [4.78, 5) is 17.8. The highest BCUT2D eigenvalue weighted by atomic mass is 79.9. The highest BCUT2D eigenvalue weighted by Crippen LogP contribution is 2.45. The van der Waals surface area contributed by atoms with Gasteiger partial charge < -0.3 is 20.7 Å². The van der Waals surface area contributed by atoms with Crippen LogP contribution in [0.15, 0.2) is 29.0 Å². The lowest BCUT2D eigenvalue weighted by atomic mass is 9.86. The van der Waals surface area contributed by atoms with Crippen molar-refractivity contribution in [2.75, 3.05) is 23.8 Å². The van der Waals surface area contributed by atoms with Crippen LogP contribution in [-0.2, 0) is 5.41 Å². The lowest BCUT2D eigenvalue weighted by molar-refractivity contribution is 0.216. The van der Waals surface area contributed by atoms with Crippen molar-refractivity contribution in [2.24, 2.45) is 0 Å². The molecular formula is C15H15BrN6O. The summed E-state index contributed by atoms with van der Waals surface area (Å²) in [6.07, 6.45) is 1.57. The van der Waals surface area contributed by atoms with E-state index in [4.69, 9.17) is 5.73 Å². The minimum Gasteiger partial charge on any atom is -0.395 e. The average Bonchev–Trinajstić information content (AvgIpc) is 3.10. The van der Waals surface area contributed by atoms with Crippen molar-refractivity contribution >= 4 is 44.5 Å². The number of aromatic nitrogens is 4. The van der Waals surface area contributed by atoms with E-state index >= 15 is 0 Å². The summed E-state index contributed by atoms with van der Waals surface area (Å²) in [5.41, 5.74) is 8.79. The largest absolute Gasteiger partial charge is 0.395 e. The van der Waals surface area contributed by atoms with Crippen molar-refractivity contribution in [1.29, 1.82) is 0 Å². The van der Waals surface area contributed by atoms with Gasteiger partial charge in [0.25, 0.3) is 0 Å². The van der Waals surface area contributed by atoms with Gasteiger partial charge in [0, 0.05) is 22.1 Å². The second-order valence-electron chi connectivity index (χ2n) is 5.97. The fourth-order valence-electron chi connectivity index (χ4n) is 3.11. The molecule has 0 amide bonds. The topological polar surface area (TPSA) is 104 Å². The molecule has 0 aliphatic carbocycles. The lowest BCUT2D eigenvalue weighted by Gasteiger charge is -2.23. The summed E-state index contributed by atoms with van der Waals surface area (Å²) >= 11 is 3.51. The van der Waals surface area contributed by atoms with E-state index in [1.807, 2.05) is 25.1 Å². The molecule has 1 unspecified atom stereocenters. The third-order valence-corrected chi connectivity index (χ3v) is 4.79. The zero-order valence-electron chi connectivity index (χ0n) is 12.4. The number of rotatable bonds is 2. The van der Waals surface area contributed by atoms with Crippen molar-refractivity contribution < 1.29 is 5.11 Å². The Balaban J connectivity index is 1.96. The maximum atomic E-state index is 9.92. The predicted molar refractivity (Wildman–Crippen MR) is 91.7 cm³/mol. The predicted octanol–water partition coefficient (Wildman–Crippen LogP) is 2.10. The quantitative estimate of drug-likeness (QED) is 0.634. The van der Waals surface area contributed by atoms with Gasteiger partial charge in [-0.2, -0.15) is 9.97 Å². The molecular weight excluding hydrogens is 360 g/mol. The van der Waals surface area contributed by atoms with Crippen LogP contribution in [0.2, 0.25) is 0 Å². The zero-order chi connectivity index (χ0) is 16.2. The molecule has 0 saturated heterocycles. The van der Waals surface area contributed by atoms with Crippen LogP contribution in [0, 0.1) is 0 Å². The third-order valence-electron chi connectivity index (χ3n) is 4.30. The number of hydrogen-bond donors (Lipinski definition) is 3. The number of fused-ring (bicyclic) bond motifs is 2. The van der Waals surface area contributed by atoms with E-state index in [0.29, 0.717) is 18.0 Å². The van der Waals surface area contributed by atoms with Gasteiger partial charge in [-0.3, -0.25) is 0 Å². The van der Waals surface area contributed by atoms with Crippen LogP contribution in [0.25, 0.3) is 11.2 Å². The van der Waals surface area contributed by atoms with Gasteiger partial charge in [-0.25, -0.2) is 4.98 Å². The maximum Gasteiger partial charge on any atom is 0.224 e. The first kappa shape index (κ1) is 14.4. The van der Waals surface area contributed by atoms with Crippen molar-refractivity contribution in [3.63, 3.8) is 0 Å². The molecule has 0 radical (unpaired) electrons. The Kier molecular flexibility index (Phi) is 3.07. The molecule has 0 bridgehead atoms. The Labute approximate surface area is 140 Å². The molecule has 3 aromatic rings. The highest BCUT2D eigenvalue weighted by molar-refractivity contribution is 9.10. The fourth-order valence-corrected chi connectivity index (χ4v) is 3.46. The Bertz CT molecular complexity index is 910. The molecule has 1 atom stereocenters. The number of nitrogens with zero attached hydrogens (tertiary/aromatic N) is 4. The Morgan fingerprint density at radius 1 is 1.43 bits per heavy atom. The number of aliphatic hydroxyl groups excluding tert-OH is 1. The van der Waals surface area contributed by atoms with Crippen LogP contribution < -0.4 is 10.6 Å². The number of aliphatic hydroxyl groups is 1. The second kappa shape index (κ2) is 4.90. The van der Waals surface area contributed by atoms with Gasteiger partial charge in [0.2, 0.25) is 5.95 Å². The third kappa shape index (κ3) is 2.09. The average molecular weight is 375 g/mol. The number of nitrogens with two attached hydrogens (primary N) is 1. The van der Waals surface area contributed by atoms with Gasteiger partial charge in [0.1, 0.15) is 5.52 Å². The Hall–Kier alpha value is -2.19. The molecule has 0 fully saturated rings. The number of H-pyrrole nitrogens is 1. The normalized spacial score (nSPS) is 20.2. The first-order valence-electron chi connectivity index (χ1n) is 7.17. The Morgan fingerprint density at radius 2 is 2.26 bits per heavy atom. The molecule has 23 heavy (non-hydrogen) atoms. The molecule has 4 N–H and O–H groups in total. The molecule has 3 heterocycles. The maximum absolute atomic E-state index is 9.92. The molecule has 0 spiro atoms. The van der Waals surface area contributed by atoms with Crippen molar-refractivity contribution in [1.82, 2.24) is 19.9 Å². The summed E-state index contributed by atoms with van der Waals surface area (Å²) in [7, 11) is 0. The summed E-state index contributed by atoms with van der Waals surface area (Å²) in [5.74, 6) is 0.843. The van der Waals surface area contributed by atoms with E-state index in [-0.39, 0.29) is 18.0 Å². The van der Waals surface area contributed by atoms with E-state index in [1.54, 1.807) is 6.33 Å². The number of hydrogen-bond acceptors (Lipinski definition) is 6. The van der Waals surface area contributed by atoms with Gasteiger partial charge >= 0.3 is 0 Å². The van der Waals surface area contributed by atoms with E-state index in [2.05, 4.69) is 40.8 Å². The van der Waals surface area contributed by atoms with E-state index in [9.17, 15) is 5.11 Å². The number of anilines is 3. The minimum absolute atomic E-state index is 0.0464. The molecule has 7 nitrogen and oxygen atoms in total. The second-order valence-corrected chi connectivity index (χ2v) is 6.89. The van der Waals surface area contributed by atoms with E-state index < -0.39 is 0 Å². The van der Waals surface area contributed by atoms with Gasteiger partial charge in [-0.1, -0.05) is 28.9 Å². The summed E-state index contributed by atoms with van der Waals surface area (Å²) < 4.78 is 0.964. The fraction of sp³-hybridized carbons (Fsp3) is 0.267. The van der Waals surface area contributed by atoms with Crippen LogP contribution in [0.4, 0.5) is 17.5 Å². The van der Waals surface area contributed by atoms with Crippen LogP contribution in [0.1, 0.15) is 12.5 Å². The summed E-state index contributed by atoms with van der Waals surface area (Å²) in [6, 6.07) is 6.04.